The summed E-state index contributed by atoms with van der Waals surface area (Å²) in [4.78, 5) is 29.3. The van der Waals surface area contributed by atoms with Crippen LogP contribution >= 0.6 is 23.4 Å². The van der Waals surface area contributed by atoms with Gasteiger partial charge in [-0.1, -0.05) is 23.4 Å². The Morgan fingerprint density at radius 1 is 1.27 bits per heavy atom. The predicted octanol–water partition coefficient (Wildman–Crippen LogP) is 3.75. The third-order valence-electron chi connectivity index (χ3n) is 4.97. The SMILES string of the molecule is CSc1nc2c3c(nc(Cl)c(F)c3n1)OCC1CCN(C(=O)OC(C)(C)C)CCN21. The van der Waals surface area contributed by atoms with Crippen molar-refractivity contribution in [2.24, 2.45) is 0 Å². The molecule has 1 atom stereocenters. The van der Waals surface area contributed by atoms with Crippen LogP contribution in [0.25, 0.3) is 10.9 Å². The van der Waals surface area contributed by atoms with Crippen molar-refractivity contribution in [1.29, 1.82) is 0 Å². The molecule has 1 unspecified atom stereocenters. The van der Waals surface area contributed by atoms with Crippen LogP contribution in [0.1, 0.15) is 27.2 Å². The number of pyridine rings is 1. The summed E-state index contributed by atoms with van der Waals surface area (Å²) in [5.41, 5.74) is -0.474. The molecule has 11 heteroatoms. The molecular formula is C19H23ClFN5O3S. The predicted molar refractivity (Wildman–Crippen MR) is 113 cm³/mol. The highest BCUT2D eigenvalue weighted by atomic mass is 35.5. The molecule has 162 valence electrons. The Morgan fingerprint density at radius 2 is 2.03 bits per heavy atom. The number of nitrogens with zero attached hydrogens (tertiary/aromatic N) is 5. The fraction of sp³-hybridized carbons (Fsp3) is 0.579. The zero-order valence-corrected chi connectivity index (χ0v) is 18.8. The average Bonchev–Trinajstić information content (AvgIpc) is 2.97. The van der Waals surface area contributed by atoms with Crippen LogP contribution in [-0.4, -0.2) is 70.1 Å². The standard InChI is InChI=1S/C19H23ClFN5O3S/c1-19(2,3)29-18(27)25-6-5-10-9-28-16-11-13(12(21)14(20)23-16)22-17(30-4)24-15(11)26(10)8-7-25/h10H,5-9H2,1-4H3. The van der Waals surface area contributed by atoms with Crippen LogP contribution < -0.4 is 9.64 Å². The number of ether oxygens (including phenoxy) is 2. The molecule has 0 aromatic carbocycles. The molecule has 1 fully saturated rings. The lowest BCUT2D eigenvalue weighted by atomic mass is 10.2. The number of hydrogen-bond donors (Lipinski definition) is 0. The number of halogens is 2. The number of carbonyl (C=O) groups is 1. The highest BCUT2D eigenvalue weighted by Gasteiger charge is 2.35. The number of amides is 1. The van der Waals surface area contributed by atoms with E-state index < -0.39 is 11.4 Å². The summed E-state index contributed by atoms with van der Waals surface area (Å²) in [7, 11) is 0. The van der Waals surface area contributed by atoms with Gasteiger partial charge in [0.05, 0.1) is 6.04 Å². The van der Waals surface area contributed by atoms with Gasteiger partial charge in [0, 0.05) is 19.6 Å². The van der Waals surface area contributed by atoms with E-state index in [4.69, 9.17) is 21.1 Å². The molecule has 2 aromatic heterocycles. The Balaban J connectivity index is 1.74. The minimum atomic E-state index is -0.693. The van der Waals surface area contributed by atoms with Crippen molar-refractivity contribution in [3.63, 3.8) is 0 Å². The van der Waals surface area contributed by atoms with Gasteiger partial charge in [-0.05, 0) is 33.4 Å². The van der Waals surface area contributed by atoms with E-state index in [-0.39, 0.29) is 28.7 Å². The molecule has 0 bridgehead atoms. The molecule has 0 saturated carbocycles. The van der Waals surface area contributed by atoms with Crippen LogP contribution in [-0.2, 0) is 4.74 Å². The Kier molecular flexibility index (Phi) is 5.56. The van der Waals surface area contributed by atoms with Crippen molar-refractivity contribution in [3.05, 3.63) is 11.0 Å². The smallest absolute Gasteiger partial charge is 0.410 e. The van der Waals surface area contributed by atoms with Gasteiger partial charge in [0.2, 0.25) is 5.88 Å². The third kappa shape index (κ3) is 3.94. The molecule has 0 radical (unpaired) electrons. The first-order valence-corrected chi connectivity index (χ1v) is 11.3. The summed E-state index contributed by atoms with van der Waals surface area (Å²) in [5, 5.41) is 0.559. The minimum Gasteiger partial charge on any atom is -0.475 e. The summed E-state index contributed by atoms with van der Waals surface area (Å²) < 4.78 is 26.2. The lowest BCUT2D eigenvalue weighted by molar-refractivity contribution is 0.0261. The summed E-state index contributed by atoms with van der Waals surface area (Å²) in [6.45, 7) is 7.31. The van der Waals surface area contributed by atoms with Crippen molar-refractivity contribution >= 4 is 46.2 Å². The van der Waals surface area contributed by atoms with Crippen molar-refractivity contribution in [1.82, 2.24) is 19.9 Å². The van der Waals surface area contributed by atoms with E-state index in [0.717, 1.165) is 0 Å². The van der Waals surface area contributed by atoms with E-state index in [1.54, 1.807) is 4.90 Å². The zero-order chi connectivity index (χ0) is 21.6. The first-order chi connectivity index (χ1) is 14.2. The quantitative estimate of drug-likeness (QED) is 0.365. The van der Waals surface area contributed by atoms with Gasteiger partial charge in [0.1, 0.15) is 28.9 Å². The van der Waals surface area contributed by atoms with Crippen LogP contribution in [0.3, 0.4) is 0 Å². The van der Waals surface area contributed by atoms with Crippen LogP contribution in [0.5, 0.6) is 5.88 Å². The van der Waals surface area contributed by atoms with Crippen LogP contribution in [0.2, 0.25) is 5.15 Å². The van der Waals surface area contributed by atoms with E-state index in [9.17, 15) is 9.18 Å². The molecule has 2 aliphatic heterocycles. The fourth-order valence-corrected chi connectivity index (χ4v) is 4.13. The Morgan fingerprint density at radius 3 is 2.73 bits per heavy atom. The number of fused-ring (bicyclic) bond motifs is 2. The Hall–Kier alpha value is -2.07. The molecule has 8 nitrogen and oxygen atoms in total. The van der Waals surface area contributed by atoms with Crippen molar-refractivity contribution in [3.8, 4) is 5.88 Å². The number of anilines is 1. The van der Waals surface area contributed by atoms with Gasteiger partial charge in [-0.3, -0.25) is 0 Å². The van der Waals surface area contributed by atoms with Crippen molar-refractivity contribution < 1.29 is 18.7 Å². The number of rotatable bonds is 1. The van der Waals surface area contributed by atoms with E-state index in [2.05, 4.69) is 19.9 Å². The van der Waals surface area contributed by atoms with Crippen LogP contribution in [0.15, 0.2) is 5.16 Å². The maximum atomic E-state index is 14.8. The van der Waals surface area contributed by atoms with E-state index in [0.29, 0.717) is 49.0 Å². The number of hydrogen-bond acceptors (Lipinski definition) is 8. The third-order valence-corrected chi connectivity index (χ3v) is 5.77. The minimum absolute atomic E-state index is 0.0683. The number of carbonyl (C=O) groups excluding carboxylic acids is 1. The highest BCUT2D eigenvalue weighted by molar-refractivity contribution is 7.98. The van der Waals surface area contributed by atoms with Gasteiger partial charge < -0.3 is 19.3 Å². The number of aromatic nitrogens is 3. The van der Waals surface area contributed by atoms with Crippen LogP contribution in [0.4, 0.5) is 15.0 Å². The molecule has 1 amide bonds. The first-order valence-electron chi connectivity index (χ1n) is 9.66. The molecule has 2 aromatic rings. The van der Waals surface area contributed by atoms with Gasteiger partial charge in [-0.25, -0.2) is 19.2 Å². The van der Waals surface area contributed by atoms with E-state index in [1.165, 1.54) is 11.8 Å². The maximum Gasteiger partial charge on any atom is 0.410 e. The average molecular weight is 456 g/mol. The zero-order valence-electron chi connectivity index (χ0n) is 17.2. The first kappa shape index (κ1) is 21.2. The van der Waals surface area contributed by atoms with Crippen molar-refractivity contribution in [2.75, 3.05) is 37.4 Å². The molecule has 0 spiro atoms. The van der Waals surface area contributed by atoms with Gasteiger partial charge >= 0.3 is 6.09 Å². The normalized spacial score (nSPS) is 19.1. The lowest BCUT2D eigenvalue weighted by Gasteiger charge is -2.28. The topological polar surface area (TPSA) is 80.7 Å². The second-order valence-corrected chi connectivity index (χ2v) is 9.32. The molecule has 2 aliphatic rings. The van der Waals surface area contributed by atoms with Gasteiger partial charge in [-0.2, -0.15) is 4.98 Å². The summed E-state index contributed by atoms with van der Waals surface area (Å²) in [6.07, 6.45) is 2.12. The lowest BCUT2D eigenvalue weighted by Crippen LogP contribution is -2.41. The summed E-state index contributed by atoms with van der Waals surface area (Å²) in [5.74, 6) is 0.0914. The maximum absolute atomic E-state index is 14.8. The summed E-state index contributed by atoms with van der Waals surface area (Å²) >= 11 is 7.29. The highest BCUT2D eigenvalue weighted by Crippen LogP contribution is 2.39. The molecule has 4 rings (SSSR count). The second kappa shape index (κ2) is 7.88. The van der Waals surface area contributed by atoms with Crippen molar-refractivity contribution in [2.45, 2.75) is 44.0 Å². The van der Waals surface area contributed by atoms with E-state index in [1.807, 2.05) is 27.0 Å². The Labute approximate surface area is 183 Å². The van der Waals surface area contributed by atoms with E-state index >= 15 is 0 Å². The molecule has 30 heavy (non-hydrogen) atoms. The second-order valence-electron chi connectivity index (χ2n) is 8.19. The molecular weight excluding hydrogens is 433 g/mol. The molecule has 0 aliphatic carbocycles. The van der Waals surface area contributed by atoms with Gasteiger partial charge in [-0.15, -0.1) is 0 Å². The summed E-state index contributed by atoms with van der Waals surface area (Å²) in [6, 6.07) is -0.0683. The van der Waals surface area contributed by atoms with Gasteiger partial charge in [0.15, 0.2) is 16.1 Å². The number of thioether (sulfide) groups is 1. The monoisotopic (exact) mass is 455 g/mol. The largest absolute Gasteiger partial charge is 0.475 e. The Bertz CT molecular complexity index is 1000. The molecule has 4 heterocycles. The molecule has 0 N–H and O–H groups in total. The van der Waals surface area contributed by atoms with Gasteiger partial charge in [0.25, 0.3) is 0 Å². The molecule has 1 saturated heterocycles. The van der Waals surface area contributed by atoms with Crippen LogP contribution in [0, 0.1) is 5.82 Å². The fourth-order valence-electron chi connectivity index (χ4n) is 3.60.